The maximum atomic E-state index is 13.0. The predicted octanol–water partition coefficient (Wildman–Crippen LogP) is 3.10. The zero-order chi connectivity index (χ0) is 13.1. The van der Waals surface area contributed by atoms with Crippen molar-refractivity contribution in [3.8, 4) is 0 Å². The molecule has 0 saturated heterocycles. The van der Waals surface area contributed by atoms with Gasteiger partial charge in [0.2, 0.25) is 5.92 Å². The summed E-state index contributed by atoms with van der Waals surface area (Å²) in [5.41, 5.74) is -0.600. The summed E-state index contributed by atoms with van der Waals surface area (Å²) in [6.07, 6.45) is 6.93. The molecule has 2 saturated carbocycles. The van der Waals surface area contributed by atoms with Crippen molar-refractivity contribution < 1.29 is 13.9 Å². The van der Waals surface area contributed by atoms with Crippen LogP contribution in [0, 0.1) is 5.92 Å². The molecule has 106 valence electrons. The lowest BCUT2D eigenvalue weighted by atomic mass is 9.94. The number of alkyl halides is 2. The fourth-order valence-electron chi connectivity index (χ4n) is 3.29. The van der Waals surface area contributed by atoms with Crippen molar-refractivity contribution in [3.63, 3.8) is 0 Å². The van der Waals surface area contributed by atoms with Crippen molar-refractivity contribution in [1.82, 2.24) is 5.32 Å². The first-order chi connectivity index (χ1) is 8.49. The second-order valence-electron chi connectivity index (χ2n) is 6.23. The molecule has 4 heteroatoms. The van der Waals surface area contributed by atoms with Gasteiger partial charge >= 0.3 is 0 Å². The van der Waals surface area contributed by atoms with Gasteiger partial charge in [0.25, 0.3) is 0 Å². The van der Waals surface area contributed by atoms with Crippen LogP contribution in [-0.4, -0.2) is 29.7 Å². The molecule has 0 spiro atoms. The summed E-state index contributed by atoms with van der Waals surface area (Å²) in [6.45, 7) is 1.19. The van der Waals surface area contributed by atoms with E-state index < -0.39 is 11.5 Å². The summed E-state index contributed by atoms with van der Waals surface area (Å²) in [5, 5.41) is 13.6. The summed E-state index contributed by atoms with van der Waals surface area (Å²) in [5.74, 6) is -2.37. The Bertz CT molecular complexity index is 263. The number of hydrogen-bond acceptors (Lipinski definition) is 2. The fourth-order valence-corrected chi connectivity index (χ4v) is 3.29. The van der Waals surface area contributed by atoms with Crippen molar-refractivity contribution in [1.29, 1.82) is 0 Å². The van der Waals surface area contributed by atoms with Gasteiger partial charge in [-0.3, -0.25) is 0 Å². The van der Waals surface area contributed by atoms with Gasteiger partial charge in [-0.25, -0.2) is 8.78 Å². The molecule has 1 atom stereocenters. The van der Waals surface area contributed by atoms with E-state index in [0.29, 0.717) is 19.5 Å². The SMILES string of the molecule is OC1(CNCC2CCC(F)(F)C2)CCCCCC1. The molecule has 18 heavy (non-hydrogen) atoms. The molecule has 0 aromatic carbocycles. The summed E-state index contributed by atoms with van der Waals surface area (Å²) in [6, 6.07) is 0. The Kier molecular flexibility index (Phi) is 4.59. The molecule has 1 unspecified atom stereocenters. The molecule has 0 radical (unpaired) electrons. The standard InChI is InChI=1S/C14H25F2NO/c15-14(16)8-5-12(9-14)10-17-11-13(18)6-3-1-2-4-7-13/h12,17-18H,1-11H2. The zero-order valence-corrected chi connectivity index (χ0v) is 11.1. The van der Waals surface area contributed by atoms with Crippen molar-refractivity contribution in [3.05, 3.63) is 0 Å². The van der Waals surface area contributed by atoms with E-state index in [1.165, 1.54) is 12.8 Å². The maximum absolute atomic E-state index is 13.0. The summed E-state index contributed by atoms with van der Waals surface area (Å²) < 4.78 is 26.1. The third-order valence-electron chi connectivity index (χ3n) is 4.43. The Morgan fingerprint density at radius 1 is 1.06 bits per heavy atom. The minimum absolute atomic E-state index is 0.0123. The molecular formula is C14H25F2NO. The van der Waals surface area contributed by atoms with Crippen LogP contribution in [0.2, 0.25) is 0 Å². The summed E-state index contributed by atoms with van der Waals surface area (Å²) >= 11 is 0. The van der Waals surface area contributed by atoms with Crippen LogP contribution < -0.4 is 5.32 Å². The number of rotatable bonds is 4. The molecule has 2 aliphatic rings. The molecule has 2 nitrogen and oxygen atoms in total. The molecule has 0 bridgehead atoms. The molecule has 2 N–H and O–H groups in total. The zero-order valence-electron chi connectivity index (χ0n) is 11.1. The van der Waals surface area contributed by atoms with Gasteiger partial charge in [-0.1, -0.05) is 25.7 Å². The van der Waals surface area contributed by atoms with E-state index in [-0.39, 0.29) is 18.8 Å². The van der Waals surface area contributed by atoms with Crippen LogP contribution in [0.25, 0.3) is 0 Å². The van der Waals surface area contributed by atoms with Crippen LogP contribution in [0.15, 0.2) is 0 Å². The fraction of sp³-hybridized carbons (Fsp3) is 1.00. The smallest absolute Gasteiger partial charge is 0.248 e. The molecule has 0 aromatic heterocycles. The van der Waals surface area contributed by atoms with Gasteiger partial charge in [-0.15, -0.1) is 0 Å². The first-order valence-corrected chi connectivity index (χ1v) is 7.30. The molecule has 0 amide bonds. The third-order valence-corrected chi connectivity index (χ3v) is 4.43. The Labute approximate surface area is 108 Å². The topological polar surface area (TPSA) is 32.3 Å². The highest BCUT2D eigenvalue weighted by Crippen LogP contribution is 2.38. The van der Waals surface area contributed by atoms with Crippen LogP contribution in [0.4, 0.5) is 8.78 Å². The summed E-state index contributed by atoms with van der Waals surface area (Å²) in [7, 11) is 0. The van der Waals surface area contributed by atoms with E-state index >= 15 is 0 Å². The lowest BCUT2D eigenvalue weighted by Crippen LogP contribution is -2.41. The third kappa shape index (κ3) is 4.16. The summed E-state index contributed by atoms with van der Waals surface area (Å²) in [4.78, 5) is 0. The quantitative estimate of drug-likeness (QED) is 0.762. The van der Waals surface area contributed by atoms with Crippen molar-refractivity contribution in [2.45, 2.75) is 69.3 Å². The molecule has 2 fully saturated rings. The monoisotopic (exact) mass is 261 g/mol. The average molecular weight is 261 g/mol. The van der Waals surface area contributed by atoms with Crippen LogP contribution >= 0.6 is 0 Å². The van der Waals surface area contributed by atoms with E-state index in [1.54, 1.807) is 0 Å². The predicted molar refractivity (Wildman–Crippen MR) is 67.8 cm³/mol. The number of halogens is 2. The van der Waals surface area contributed by atoms with E-state index in [1.807, 2.05) is 0 Å². The van der Waals surface area contributed by atoms with E-state index in [9.17, 15) is 13.9 Å². The van der Waals surface area contributed by atoms with E-state index in [4.69, 9.17) is 0 Å². The van der Waals surface area contributed by atoms with E-state index in [0.717, 1.165) is 25.7 Å². The Hall–Kier alpha value is -0.220. The number of aliphatic hydroxyl groups is 1. The van der Waals surface area contributed by atoms with Gasteiger partial charge in [-0.2, -0.15) is 0 Å². The van der Waals surface area contributed by atoms with Crippen molar-refractivity contribution >= 4 is 0 Å². The molecule has 0 aliphatic heterocycles. The van der Waals surface area contributed by atoms with Crippen molar-refractivity contribution in [2.75, 3.05) is 13.1 Å². The molecule has 0 heterocycles. The number of nitrogens with one attached hydrogen (secondary N) is 1. The van der Waals surface area contributed by atoms with Gasteiger partial charge in [-0.05, 0) is 31.7 Å². The van der Waals surface area contributed by atoms with Crippen LogP contribution in [-0.2, 0) is 0 Å². The minimum atomic E-state index is -2.45. The Balaban J connectivity index is 1.68. The molecule has 2 aliphatic carbocycles. The highest BCUT2D eigenvalue weighted by molar-refractivity contribution is 4.86. The Morgan fingerprint density at radius 2 is 1.72 bits per heavy atom. The van der Waals surface area contributed by atoms with Gasteiger partial charge < -0.3 is 10.4 Å². The van der Waals surface area contributed by atoms with Crippen LogP contribution in [0.1, 0.15) is 57.8 Å². The van der Waals surface area contributed by atoms with Gasteiger partial charge in [0, 0.05) is 19.4 Å². The lowest BCUT2D eigenvalue weighted by Gasteiger charge is -2.27. The first kappa shape index (κ1) is 14.2. The highest BCUT2D eigenvalue weighted by atomic mass is 19.3. The van der Waals surface area contributed by atoms with E-state index in [2.05, 4.69) is 5.32 Å². The number of hydrogen-bond donors (Lipinski definition) is 2. The molecule has 0 aromatic rings. The largest absolute Gasteiger partial charge is 0.389 e. The van der Waals surface area contributed by atoms with Gasteiger partial charge in [0.05, 0.1) is 5.60 Å². The van der Waals surface area contributed by atoms with Crippen molar-refractivity contribution in [2.24, 2.45) is 5.92 Å². The maximum Gasteiger partial charge on any atom is 0.248 e. The first-order valence-electron chi connectivity index (χ1n) is 7.30. The normalized spacial score (nSPS) is 31.2. The Morgan fingerprint density at radius 3 is 2.28 bits per heavy atom. The average Bonchev–Trinajstić information content (AvgIpc) is 2.50. The minimum Gasteiger partial charge on any atom is -0.389 e. The van der Waals surface area contributed by atoms with Gasteiger partial charge in [0.15, 0.2) is 0 Å². The molecular weight excluding hydrogens is 236 g/mol. The van der Waals surface area contributed by atoms with Crippen LogP contribution in [0.5, 0.6) is 0 Å². The lowest BCUT2D eigenvalue weighted by molar-refractivity contribution is 0.00404. The second kappa shape index (κ2) is 5.83. The highest BCUT2D eigenvalue weighted by Gasteiger charge is 2.39. The van der Waals surface area contributed by atoms with Gasteiger partial charge in [0.1, 0.15) is 0 Å². The second-order valence-corrected chi connectivity index (χ2v) is 6.23. The van der Waals surface area contributed by atoms with Crippen LogP contribution in [0.3, 0.4) is 0 Å². The molecule has 2 rings (SSSR count).